The number of pyridine rings is 1. The Morgan fingerprint density at radius 1 is 1.05 bits per heavy atom. The van der Waals surface area contributed by atoms with Gasteiger partial charge in [0.1, 0.15) is 5.82 Å². The van der Waals surface area contributed by atoms with Crippen molar-refractivity contribution in [2.75, 3.05) is 11.6 Å². The number of nitrogens with one attached hydrogen (secondary N) is 1. The minimum atomic E-state index is -2.98. The van der Waals surface area contributed by atoms with Crippen LogP contribution in [-0.2, 0) is 22.1 Å². The Morgan fingerprint density at radius 3 is 2.30 bits per heavy atom. The quantitative estimate of drug-likeness (QED) is 0.919. The van der Waals surface area contributed by atoms with E-state index in [9.17, 15) is 8.42 Å². The Hall–Kier alpha value is -1.88. The van der Waals surface area contributed by atoms with E-state index in [1.165, 1.54) is 6.26 Å². The van der Waals surface area contributed by atoms with Crippen LogP contribution in [0, 0.1) is 6.92 Å². The number of hydrogen-bond acceptors (Lipinski definition) is 4. The molecule has 0 atom stereocenters. The summed E-state index contributed by atoms with van der Waals surface area (Å²) in [6.07, 6.45) is 1.24. The maximum Gasteiger partial charge on any atom is 0.151 e. The second-order valence-corrected chi connectivity index (χ2v) is 7.04. The molecule has 0 aliphatic heterocycles. The maximum absolute atomic E-state index is 11.2. The normalized spacial score (nSPS) is 11.3. The molecule has 0 unspecified atom stereocenters. The first-order valence-corrected chi connectivity index (χ1v) is 8.41. The van der Waals surface area contributed by atoms with Crippen LogP contribution in [0.4, 0.5) is 5.82 Å². The largest absolute Gasteiger partial charge is 0.366 e. The van der Waals surface area contributed by atoms with Gasteiger partial charge in [0.05, 0.1) is 5.75 Å². The van der Waals surface area contributed by atoms with Crippen LogP contribution in [0.1, 0.15) is 16.8 Å². The Bertz CT molecular complexity index is 679. The van der Waals surface area contributed by atoms with Gasteiger partial charge in [-0.05, 0) is 30.2 Å². The number of hydrogen-bond donors (Lipinski definition) is 1. The SMILES string of the molecule is Cc1cccc(NCc2ccc(CS(C)(=O)=O)cc2)n1. The molecule has 0 aliphatic rings. The monoisotopic (exact) mass is 290 g/mol. The summed E-state index contributed by atoms with van der Waals surface area (Å²) in [5.74, 6) is 0.922. The molecular weight excluding hydrogens is 272 g/mol. The van der Waals surface area contributed by atoms with Crippen molar-refractivity contribution in [1.82, 2.24) is 4.98 Å². The molecule has 0 radical (unpaired) electrons. The molecule has 4 nitrogen and oxygen atoms in total. The Morgan fingerprint density at radius 2 is 1.70 bits per heavy atom. The van der Waals surface area contributed by atoms with E-state index in [1.807, 2.05) is 49.4 Å². The van der Waals surface area contributed by atoms with Gasteiger partial charge in [0, 0.05) is 18.5 Å². The molecule has 5 heteroatoms. The fraction of sp³-hybridized carbons (Fsp3) is 0.267. The molecular formula is C15H18N2O2S. The maximum atomic E-state index is 11.2. The highest BCUT2D eigenvalue weighted by atomic mass is 32.2. The van der Waals surface area contributed by atoms with Crippen LogP contribution in [0.3, 0.4) is 0 Å². The first kappa shape index (κ1) is 14.5. The fourth-order valence-electron chi connectivity index (χ4n) is 1.89. The summed E-state index contributed by atoms with van der Waals surface area (Å²) in [5, 5.41) is 3.24. The van der Waals surface area contributed by atoms with Gasteiger partial charge < -0.3 is 5.32 Å². The van der Waals surface area contributed by atoms with Gasteiger partial charge in [0.15, 0.2) is 9.84 Å². The van der Waals surface area contributed by atoms with Crippen molar-refractivity contribution in [1.29, 1.82) is 0 Å². The van der Waals surface area contributed by atoms with E-state index in [2.05, 4.69) is 10.3 Å². The number of anilines is 1. The topological polar surface area (TPSA) is 59.1 Å². The van der Waals surface area contributed by atoms with E-state index in [4.69, 9.17) is 0 Å². The minimum absolute atomic E-state index is 0.0835. The number of aryl methyl sites for hydroxylation is 1. The standard InChI is InChI=1S/C15H18N2O2S/c1-12-4-3-5-15(17-12)16-10-13-6-8-14(9-7-13)11-20(2,18)19/h3-9H,10-11H2,1-2H3,(H,16,17). The van der Waals surface area contributed by atoms with Gasteiger partial charge in [-0.25, -0.2) is 13.4 Å². The third kappa shape index (κ3) is 4.66. The molecule has 0 bridgehead atoms. The highest BCUT2D eigenvalue weighted by molar-refractivity contribution is 7.89. The van der Waals surface area contributed by atoms with Crippen LogP contribution in [0.15, 0.2) is 42.5 Å². The molecule has 1 aromatic heterocycles. The van der Waals surface area contributed by atoms with E-state index in [1.54, 1.807) is 0 Å². The molecule has 106 valence electrons. The van der Waals surface area contributed by atoms with Gasteiger partial charge in [-0.3, -0.25) is 0 Å². The zero-order chi connectivity index (χ0) is 14.6. The number of rotatable bonds is 5. The van der Waals surface area contributed by atoms with Crippen molar-refractivity contribution in [3.05, 3.63) is 59.3 Å². The van der Waals surface area contributed by atoms with Crippen LogP contribution in [0.5, 0.6) is 0 Å². The van der Waals surface area contributed by atoms with E-state index in [-0.39, 0.29) is 5.75 Å². The van der Waals surface area contributed by atoms with E-state index >= 15 is 0 Å². The Balaban J connectivity index is 1.97. The van der Waals surface area contributed by atoms with Crippen molar-refractivity contribution in [3.63, 3.8) is 0 Å². The van der Waals surface area contributed by atoms with Crippen molar-refractivity contribution in [2.24, 2.45) is 0 Å². The highest BCUT2D eigenvalue weighted by Gasteiger charge is 2.04. The lowest BCUT2D eigenvalue weighted by Crippen LogP contribution is -2.03. The van der Waals surface area contributed by atoms with Crippen LogP contribution in [0.2, 0.25) is 0 Å². The minimum Gasteiger partial charge on any atom is -0.366 e. The predicted molar refractivity (Wildman–Crippen MR) is 81.3 cm³/mol. The lowest BCUT2D eigenvalue weighted by molar-refractivity contribution is 0.601. The Labute approximate surface area is 119 Å². The molecule has 1 heterocycles. The number of benzene rings is 1. The predicted octanol–water partition coefficient (Wildman–Crippen LogP) is 2.55. The van der Waals surface area contributed by atoms with E-state index in [0.717, 1.165) is 22.6 Å². The first-order chi connectivity index (χ1) is 9.42. The average molecular weight is 290 g/mol. The van der Waals surface area contributed by atoms with Gasteiger partial charge in [-0.1, -0.05) is 30.3 Å². The molecule has 1 N–H and O–H groups in total. The van der Waals surface area contributed by atoms with Gasteiger partial charge in [-0.15, -0.1) is 0 Å². The molecule has 2 aromatic rings. The van der Waals surface area contributed by atoms with E-state index < -0.39 is 9.84 Å². The zero-order valence-electron chi connectivity index (χ0n) is 11.6. The smallest absolute Gasteiger partial charge is 0.151 e. The Kier molecular flexibility index (Phi) is 4.39. The molecule has 0 spiro atoms. The number of sulfone groups is 1. The molecule has 20 heavy (non-hydrogen) atoms. The summed E-state index contributed by atoms with van der Waals surface area (Å²) in [7, 11) is -2.98. The molecule has 0 saturated heterocycles. The molecule has 0 fully saturated rings. The van der Waals surface area contributed by atoms with Gasteiger partial charge in [-0.2, -0.15) is 0 Å². The summed E-state index contributed by atoms with van der Waals surface area (Å²) in [5.41, 5.74) is 2.87. The van der Waals surface area contributed by atoms with Crippen molar-refractivity contribution < 1.29 is 8.42 Å². The summed E-state index contributed by atoms with van der Waals surface area (Å²) in [6, 6.07) is 13.4. The van der Waals surface area contributed by atoms with Gasteiger partial charge in [0.2, 0.25) is 0 Å². The lowest BCUT2D eigenvalue weighted by Gasteiger charge is -2.07. The van der Waals surface area contributed by atoms with Crippen LogP contribution in [0.25, 0.3) is 0 Å². The first-order valence-electron chi connectivity index (χ1n) is 6.35. The third-order valence-electron chi connectivity index (χ3n) is 2.81. The highest BCUT2D eigenvalue weighted by Crippen LogP contribution is 2.10. The van der Waals surface area contributed by atoms with Crippen molar-refractivity contribution in [2.45, 2.75) is 19.2 Å². The van der Waals surface area contributed by atoms with E-state index in [0.29, 0.717) is 6.54 Å². The lowest BCUT2D eigenvalue weighted by atomic mass is 10.1. The summed E-state index contributed by atoms with van der Waals surface area (Å²) < 4.78 is 22.4. The molecule has 2 rings (SSSR count). The second kappa shape index (κ2) is 6.05. The second-order valence-electron chi connectivity index (χ2n) is 4.90. The summed E-state index contributed by atoms with van der Waals surface area (Å²) in [4.78, 5) is 4.36. The number of nitrogens with zero attached hydrogens (tertiary/aromatic N) is 1. The van der Waals surface area contributed by atoms with Crippen molar-refractivity contribution in [3.8, 4) is 0 Å². The van der Waals surface area contributed by atoms with Crippen LogP contribution >= 0.6 is 0 Å². The van der Waals surface area contributed by atoms with Crippen LogP contribution < -0.4 is 5.32 Å². The molecule has 1 aromatic carbocycles. The van der Waals surface area contributed by atoms with Crippen molar-refractivity contribution >= 4 is 15.7 Å². The van der Waals surface area contributed by atoms with Gasteiger partial charge >= 0.3 is 0 Å². The zero-order valence-corrected chi connectivity index (χ0v) is 12.4. The molecule has 0 amide bonds. The molecule has 0 aliphatic carbocycles. The molecule has 0 saturated carbocycles. The van der Waals surface area contributed by atoms with Gasteiger partial charge in [0.25, 0.3) is 0 Å². The number of aromatic nitrogens is 1. The fourth-order valence-corrected chi connectivity index (χ4v) is 2.69. The summed E-state index contributed by atoms with van der Waals surface area (Å²) in [6.45, 7) is 2.61. The summed E-state index contributed by atoms with van der Waals surface area (Å²) >= 11 is 0. The third-order valence-corrected chi connectivity index (χ3v) is 3.67. The average Bonchev–Trinajstić information content (AvgIpc) is 2.36. The van der Waals surface area contributed by atoms with Crippen LogP contribution in [-0.4, -0.2) is 19.7 Å².